The van der Waals surface area contributed by atoms with Crippen LogP contribution in [0.5, 0.6) is 0 Å². The molecule has 1 aliphatic carbocycles. The smallest absolute Gasteiger partial charge is 0.468 e. The van der Waals surface area contributed by atoms with E-state index in [1.54, 1.807) is 6.92 Å². The van der Waals surface area contributed by atoms with Gasteiger partial charge in [-0.1, -0.05) is 15.9 Å². The fourth-order valence-corrected chi connectivity index (χ4v) is 2.26. The number of hydrogen-bond donors (Lipinski definition) is 0. The second-order valence-electron chi connectivity index (χ2n) is 4.28. The monoisotopic (exact) mass is 353 g/mol. The lowest BCUT2D eigenvalue weighted by molar-refractivity contribution is -0.157. The van der Waals surface area contributed by atoms with Gasteiger partial charge in [-0.15, -0.1) is 0 Å². The van der Waals surface area contributed by atoms with Gasteiger partial charge in [0.25, 0.3) is 0 Å². The first-order valence-corrected chi connectivity index (χ1v) is 6.70. The van der Waals surface area contributed by atoms with Gasteiger partial charge in [-0.05, 0) is 13.3 Å². The molecule has 0 spiro atoms. The maximum absolute atomic E-state index is 12.7. The van der Waals surface area contributed by atoms with Gasteiger partial charge in [0, 0.05) is 12.0 Å². The average molecular weight is 354 g/mol. The van der Waals surface area contributed by atoms with Crippen LogP contribution in [-0.2, 0) is 15.7 Å². The van der Waals surface area contributed by atoms with Crippen LogP contribution in [-0.4, -0.2) is 22.7 Å². The number of fused-ring (bicyclic) bond motifs is 1. The van der Waals surface area contributed by atoms with Crippen molar-refractivity contribution >= 4 is 33.0 Å². The maximum Gasteiger partial charge on any atom is 0.468 e. The molecule has 0 aliphatic heterocycles. The Morgan fingerprint density at radius 2 is 2.10 bits per heavy atom. The van der Waals surface area contributed by atoms with Crippen LogP contribution >= 0.6 is 15.9 Å². The zero-order valence-corrected chi connectivity index (χ0v) is 12.3. The molecule has 0 N–H and O–H groups in total. The molecular weight excluding hydrogens is 343 g/mol. The number of Topliss-reactive ketones (excluding diaryl/α,β-unsaturated/α-hetero) is 1. The van der Waals surface area contributed by atoms with Gasteiger partial charge in [-0.3, -0.25) is 4.79 Å². The van der Waals surface area contributed by atoms with Crippen molar-refractivity contribution in [1.29, 1.82) is 0 Å². The van der Waals surface area contributed by atoms with Crippen molar-refractivity contribution in [1.82, 2.24) is 4.98 Å². The third-order valence-electron chi connectivity index (χ3n) is 2.92. The summed E-state index contributed by atoms with van der Waals surface area (Å²) < 4.78 is 47.8. The van der Waals surface area contributed by atoms with E-state index in [0.717, 1.165) is 0 Å². The molecule has 110 valence electrons. The highest BCUT2D eigenvalue weighted by Crippen LogP contribution is 2.27. The third kappa shape index (κ3) is 2.61. The number of hydrogen-bond acceptors (Lipinski definition) is 4. The topological polar surface area (TPSA) is 52.3 Å². The maximum atomic E-state index is 12.7. The van der Waals surface area contributed by atoms with Crippen molar-refractivity contribution in [3.05, 3.63) is 16.7 Å². The molecule has 2 rings (SSSR count). The molecule has 0 radical (unpaired) electrons. The van der Waals surface area contributed by atoms with Crippen LogP contribution in [0, 0.1) is 0 Å². The normalized spacial score (nSPS) is 16.9. The first-order chi connectivity index (χ1) is 9.25. The van der Waals surface area contributed by atoms with E-state index >= 15 is 0 Å². The molecule has 0 fully saturated rings. The predicted molar refractivity (Wildman–Crippen MR) is 67.2 cm³/mol. The molecular formula is C12H11BrF3NO3. The molecule has 0 aromatic carbocycles. The second kappa shape index (κ2) is 5.23. The fourth-order valence-electron chi connectivity index (χ4n) is 1.98. The van der Waals surface area contributed by atoms with Gasteiger partial charge < -0.3 is 9.15 Å². The highest BCUT2D eigenvalue weighted by molar-refractivity contribution is 9.10. The number of alkyl halides is 4. The van der Waals surface area contributed by atoms with Crippen molar-refractivity contribution in [2.45, 2.75) is 30.8 Å². The lowest BCUT2D eigenvalue weighted by Crippen LogP contribution is -2.35. The molecule has 4 nitrogen and oxygen atoms in total. The van der Waals surface area contributed by atoms with Crippen LogP contribution in [0.1, 0.15) is 25.7 Å². The highest BCUT2D eigenvalue weighted by atomic mass is 79.9. The molecule has 0 saturated heterocycles. The molecule has 1 unspecified atom stereocenters. The van der Waals surface area contributed by atoms with E-state index in [9.17, 15) is 18.0 Å². The van der Waals surface area contributed by atoms with Crippen LogP contribution in [0.15, 0.2) is 4.42 Å². The number of carbonyl (C=O) groups is 1. The van der Waals surface area contributed by atoms with Crippen molar-refractivity contribution in [3.8, 4) is 0 Å². The van der Waals surface area contributed by atoms with E-state index in [1.807, 2.05) is 0 Å². The summed E-state index contributed by atoms with van der Waals surface area (Å²) in [6.45, 7) is 1.61. The van der Waals surface area contributed by atoms with Crippen LogP contribution in [0.25, 0.3) is 11.3 Å². The van der Waals surface area contributed by atoms with Gasteiger partial charge in [0.2, 0.25) is 0 Å². The fraction of sp³-hybridized carbons (Fsp3) is 0.500. The van der Waals surface area contributed by atoms with E-state index in [1.165, 1.54) is 7.11 Å². The van der Waals surface area contributed by atoms with E-state index < -0.39 is 16.9 Å². The van der Waals surface area contributed by atoms with Gasteiger partial charge in [0.1, 0.15) is 11.1 Å². The van der Waals surface area contributed by atoms with Crippen LogP contribution in [0.4, 0.5) is 13.2 Å². The number of carbonyl (C=O) groups excluding carboxylic acids is 1. The van der Waals surface area contributed by atoms with E-state index in [4.69, 9.17) is 9.15 Å². The minimum atomic E-state index is -4.70. The van der Waals surface area contributed by atoms with Crippen molar-refractivity contribution in [2.75, 3.05) is 7.11 Å². The molecule has 8 heteroatoms. The molecule has 0 amide bonds. The molecule has 20 heavy (non-hydrogen) atoms. The van der Waals surface area contributed by atoms with Crippen molar-refractivity contribution in [3.63, 3.8) is 0 Å². The quantitative estimate of drug-likeness (QED) is 0.777. The number of ketones is 1. The van der Waals surface area contributed by atoms with Gasteiger partial charge in [0.05, 0.1) is 11.9 Å². The van der Waals surface area contributed by atoms with E-state index in [0.29, 0.717) is 6.42 Å². The molecule has 1 aliphatic rings. The summed E-state index contributed by atoms with van der Waals surface area (Å²) in [5, 5.41) is -0.0725. The molecule has 1 aromatic heterocycles. The van der Waals surface area contributed by atoms with Crippen molar-refractivity contribution < 1.29 is 27.1 Å². The summed E-state index contributed by atoms with van der Waals surface area (Å²) >= 11 is 3.12. The van der Waals surface area contributed by atoms with E-state index in [-0.39, 0.29) is 34.3 Å². The SMILES string of the molecule is COC1=c2oc(C(F)(F)F)nc2=C(C(=O)C(C)Br)CC1. The van der Waals surface area contributed by atoms with Gasteiger partial charge in [-0.2, -0.15) is 13.2 Å². The largest absolute Gasteiger partial charge is 0.497 e. The number of oxazole rings is 1. The summed E-state index contributed by atoms with van der Waals surface area (Å²) in [5.41, 5.74) is 0.118. The van der Waals surface area contributed by atoms with Gasteiger partial charge >= 0.3 is 12.1 Å². The Morgan fingerprint density at radius 1 is 1.45 bits per heavy atom. The number of aromatic nitrogens is 1. The van der Waals surface area contributed by atoms with E-state index in [2.05, 4.69) is 20.9 Å². The van der Waals surface area contributed by atoms with Crippen LogP contribution < -0.4 is 10.8 Å². The zero-order valence-electron chi connectivity index (χ0n) is 10.7. The first-order valence-electron chi connectivity index (χ1n) is 5.78. The molecule has 1 atom stereocenters. The lowest BCUT2D eigenvalue weighted by Gasteiger charge is -2.12. The Labute approximate surface area is 120 Å². The lowest BCUT2D eigenvalue weighted by atomic mass is 9.99. The Morgan fingerprint density at radius 3 is 2.60 bits per heavy atom. The molecule has 0 saturated carbocycles. The molecule has 0 bridgehead atoms. The summed E-state index contributed by atoms with van der Waals surface area (Å²) in [6.07, 6.45) is -4.13. The summed E-state index contributed by atoms with van der Waals surface area (Å²) in [6, 6.07) is 0. The standard InChI is InChI=1S/C12H11BrF3NO3/c1-5(13)9(18)6-3-4-7(19-2)10-8(6)17-11(20-10)12(14,15)16/h5H,3-4H2,1-2H3. The Balaban J connectivity index is 2.77. The number of nitrogens with zero attached hydrogens (tertiary/aromatic N) is 1. The predicted octanol–water partition coefficient (Wildman–Crippen LogP) is 1.74. The van der Waals surface area contributed by atoms with Crippen LogP contribution in [0.2, 0.25) is 0 Å². The van der Waals surface area contributed by atoms with Gasteiger partial charge in [-0.25, -0.2) is 4.98 Å². The second-order valence-corrected chi connectivity index (χ2v) is 5.65. The number of rotatable bonds is 3. The zero-order chi connectivity index (χ0) is 15.1. The third-order valence-corrected chi connectivity index (χ3v) is 3.33. The Hall–Kier alpha value is -1.31. The Bertz CT molecular complexity index is 660. The van der Waals surface area contributed by atoms with Gasteiger partial charge in [0.15, 0.2) is 11.2 Å². The minimum Gasteiger partial charge on any atom is -0.497 e. The van der Waals surface area contributed by atoms with Crippen LogP contribution in [0.3, 0.4) is 0 Å². The first kappa shape index (κ1) is 15.1. The molecule has 1 heterocycles. The summed E-state index contributed by atoms with van der Waals surface area (Å²) in [4.78, 5) is 15.0. The summed E-state index contributed by atoms with van der Waals surface area (Å²) in [5.74, 6) is -1.41. The summed E-state index contributed by atoms with van der Waals surface area (Å²) in [7, 11) is 1.34. The number of methoxy groups -OCH3 is 1. The Kier molecular flexibility index (Phi) is 3.95. The minimum absolute atomic E-state index is 0.0725. The number of halogens is 4. The number of ether oxygens (including phenoxy) is 1. The van der Waals surface area contributed by atoms with Crippen molar-refractivity contribution in [2.24, 2.45) is 0 Å². The highest BCUT2D eigenvalue weighted by Gasteiger charge is 2.38. The molecule has 1 aromatic rings. The average Bonchev–Trinajstić information content (AvgIpc) is 2.81.